The maximum atomic E-state index is 13.1. The lowest BCUT2D eigenvalue weighted by Crippen LogP contribution is -2.46. The highest BCUT2D eigenvalue weighted by Crippen LogP contribution is 2.32. The van der Waals surface area contributed by atoms with Gasteiger partial charge in [-0.15, -0.1) is 0 Å². The van der Waals surface area contributed by atoms with Crippen molar-refractivity contribution in [1.29, 1.82) is 0 Å². The number of ether oxygens (including phenoxy) is 1. The summed E-state index contributed by atoms with van der Waals surface area (Å²) in [5, 5.41) is 2.85. The maximum Gasteiger partial charge on any atom is 0.329 e. The SMILES string of the molecule is CC(=O)N1C=Cc2ccccc2[C@H]1CC(=O)N[C@@H](Cc1ccccc1)C(=O)OC(C)(C)C. The third-order valence-electron chi connectivity index (χ3n) is 5.16. The van der Waals surface area contributed by atoms with Crippen molar-refractivity contribution in [3.8, 4) is 0 Å². The second-order valence-electron chi connectivity index (χ2n) is 8.93. The molecular weight excluding hydrogens is 404 g/mol. The Hall–Kier alpha value is -3.41. The van der Waals surface area contributed by atoms with E-state index in [9.17, 15) is 14.4 Å². The molecule has 1 N–H and O–H groups in total. The van der Waals surface area contributed by atoms with Crippen LogP contribution in [0.2, 0.25) is 0 Å². The Morgan fingerprint density at radius 2 is 1.69 bits per heavy atom. The molecule has 2 amide bonds. The number of amides is 2. The van der Waals surface area contributed by atoms with Gasteiger partial charge >= 0.3 is 5.97 Å². The molecule has 0 aromatic heterocycles. The van der Waals surface area contributed by atoms with Crippen LogP contribution in [0.5, 0.6) is 0 Å². The first-order valence-corrected chi connectivity index (χ1v) is 10.8. The molecule has 0 radical (unpaired) electrons. The van der Waals surface area contributed by atoms with Crippen LogP contribution in [-0.4, -0.2) is 34.3 Å². The van der Waals surface area contributed by atoms with E-state index in [1.165, 1.54) is 6.92 Å². The fourth-order valence-corrected chi connectivity index (χ4v) is 3.76. The van der Waals surface area contributed by atoms with Gasteiger partial charge in [0.25, 0.3) is 0 Å². The number of nitrogens with zero attached hydrogens (tertiary/aromatic N) is 1. The molecule has 2 atom stereocenters. The number of benzene rings is 2. The van der Waals surface area contributed by atoms with Gasteiger partial charge in [-0.1, -0.05) is 54.6 Å². The van der Waals surface area contributed by atoms with Crippen LogP contribution in [0.1, 0.15) is 56.8 Å². The first kappa shape index (κ1) is 23.3. The number of esters is 1. The van der Waals surface area contributed by atoms with Gasteiger partial charge in [-0.05, 0) is 43.5 Å². The van der Waals surface area contributed by atoms with Crippen molar-refractivity contribution >= 4 is 23.9 Å². The predicted molar refractivity (Wildman–Crippen MR) is 123 cm³/mol. The minimum atomic E-state index is -0.829. The van der Waals surface area contributed by atoms with E-state index in [4.69, 9.17) is 4.74 Å². The Labute approximate surface area is 189 Å². The smallest absolute Gasteiger partial charge is 0.329 e. The highest BCUT2D eigenvalue weighted by molar-refractivity contribution is 5.86. The van der Waals surface area contributed by atoms with E-state index in [-0.39, 0.29) is 18.2 Å². The highest BCUT2D eigenvalue weighted by atomic mass is 16.6. The van der Waals surface area contributed by atoms with E-state index in [0.29, 0.717) is 6.42 Å². The monoisotopic (exact) mass is 434 g/mol. The van der Waals surface area contributed by atoms with Crippen LogP contribution in [0, 0.1) is 0 Å². The van der Waals surface area contributed by atoms with Gasteiger partial charge in [0.1, 0.15) is 11.6 Å². The number of carbonyl (C=O) groups excluding carboxylic acids is 3. The van der Waals surface area contributed by atoms with Crippen molar-refractivity contribution < 1.29 is 19.1 Å². The molecule has 3 rings (SSSR count). The summed E-state index contributed by atoms with van der Waals surface area (Å²) in [6.07, 6.45) is 3.93. The molecule has 0 saturated heterocycles. The van der Waals surface area contributed by atoms with Crippen LogP contribution in [0.25, 0.3) is 6.08 Å². The average Bonchev–Trinajstić information content (AvgIpc) is 2.73. The Kier molecular flexibility index (Phi) is 7.13. The Balaban J connectivity index is 1.79. The van der Waals surface area contributed by atoms with E-state index in [1.807, 2.05) is 60.7 Å². The van der Waals surface area contributed by atoms with Crippen LogP contribution >= 0.6 is 0 Å². The van der Waals surface area contributed by atoms with E-state index >= 15 is 0 Å². The molecule has 0 spiro atoms. The van der Waals surface area contributed by atoms with Crippen LogP contribution in [-0.2, 0) is 25.5 Å². The molecular formula is C26H30N2O4. The summed E-state index contributed by atoms with van der Waals surface area (Å²) in [5.74, 6) is -0.957. The molecule has 1 heterocycles. The van der Waals surface area contributed by atoms with Gasteiger partial charge in [-0.3, -0.25) is 9.59 Å². The molecule has 2 aromatic rings. The molecule has 1 aliphatic rings. The molecule has 0 fully saturated rings. The van der Waals surface area contributed by atoms with Crippen molar-refractivity contribution in [3.63, 3.8) is 0 Å². The van der Waals surface area contributed by atoms with E-state index in [2.05, 4.69) is 5.32 Å². The molecule has 6 nitrogen and oxygen atoms in total. The van der Waals surface area contributed by atoms with Gasteiger partial charge in [-0.25, -0.2) is 4.79 Å². The number of hydrogen-bond donors (Lipinski definition) is 1. The summed E-state index contributed by atoms with van der Waals surface area (Å²) in [6.45, 7) is 6.86. The zero-order valence-corrected chi connectivity index (χ0v) is 19.0. The number of hydrogen-bond acceptors (Lipinski definition) is 4. The minimum Gasteiger partial charge on any atom is -0.458 e. The maximum absolute atomic E-state index is 13.1. The predicted octanol–water partition coefficient (Wildman–Crippen LogP) is 4.02. The fourth-order valence-electron chi connectivity index (χ4n) is 3.76. The number of nitrogens with one attached hydrogen (secondary N) is 1. The van der Waals surface area contributed by atoms with Crippen LogP contribution in [0.4, 0.5) is 0 Å². The third-order valence-corrected chi connectivity index (χ3v) is 5.16. The van der Waals surface area contributed by atoms with Crippen molar-refractivity contribution in [2.75, 3.05) is 0 Å². The highest BCUT2D eigenvalue weighted by Gasteiger charge is 2.31. The van der Waals surface area contributed by atoms with E-state index in [1.54, 1.807) is 31.9 Å². The molecule has 1 aliphatic heterocycles. The Bertz CT molecular complexity index is 1010. The van der Waals surface area contributed by atoms with Gasteiger partial charge in [-0.2, -0.15) is 0 Å². The molecule has 168 valence electrons. The molecule has 0 unspecified atom stereocenters. The summed E-state index contributed by atoms with van der Waals surface area (Å²) in [4.78, 5) is 39.7. The van der Waals surface area contributed by atoms with Gasteiger partial charge in [0.15, 0.2) is 0 Å². The lowest BCUT2D eigenvalue weighted by molar-refractivity contribution is -0.158. The number of carbonyl (C=O) groups is 3. The van der Waals surface area contributed by atoms with Crippen LogP contribution < -0.4 is 5.32 Å². The lowest BCUT2D eigenvalue weighted by Gasteiger charge is -2.32. The minimum absolute atomic E-state index is 0.0367. The standard InChI is InChI=1S/C26H30N2O4/c1-18(29)28-15-14-20-12-8-9-13-21(20)23(28)17-24(30)27-22(25(31)32-26(2,3)4)16-19-10-6-5-7-11-19/h5-15,22-23H,16-17H2,1-4H3,(H,27,30)/t22-,23+/m0/s1. The third kappa shape index (κ3) is 6.06. The van der Waals surface area contributed by atoms with Crippen LogP contribution in [0.3, 0.4) is 0 Å². The summed E-state index contributed by atoms with van der Waals surface area (Å²) < 4.78 is 5.55. The van der Waals surface area contributed by atoms with E-state index < -0.39 is 23.7 Å². The molecule has 6 heteroatoms. The van der Waals surface area contributed by atoms with E-state index in [0.717, 1.165) is 16.7 Å². The molecule has 0 aliphatic carbocycles. The number of fused-ring (bicyclic) bond motifs is 1. The van der Waals surface area contributed by atoms with Gasteiger partial charge in [0.05, 0.1) is 12.5 Å². The second kappa shape index (κ2) is 9.81. The van der Waals surface area contributed by atoms with Crippen molar-refractivity contribution in [2.24, 2.45) is 0 Å². The summed E-state index contributed by atoms with van der Waals surface area (Å²) in [5.41, 5.74) is 2.11. The summed E-state index contributed by atoms with van der Waals surface area (Å²) >= 11 is 0. The average molecular weight is 435 g/mol. The molecule has 0 bridgehead atoms. The fraction of sp³-hybridized carbons (Fsp3) is 0.346. The van der Waals surface area contributed by atoms with Gasteiger partial charge in [0, 0.05) is 19.5 Å². The topological polar surface area (TPSA) is 75.7 Å². The Morgan fingerprint density at radius 1 is 1.03 bits per heavy atom. The molecule has 32 heavy (non-hydrogen) atoms. The first-order valence-electron chi connectivity index (χ1n) is 10.8. The van der Waals surface area contributed by atoms with Gasteiger partial charge < -0.3 is 15.0 Å². The van der Waals surface area contributed by atoms with Crippen molar-refractivity contribution in [1.82, 2.24) is 10.2 Å². The second-order valence-corrected chi connectivity index (χ2v) is 8.93. The molecule has 0 saturated carbocycles. The van der Waals surface area contributed by atoms with Crippen molar-refractivity contribution in [2.45, 2.75) is 58.2 Å². The Morgan fingerprint density at radius 3 is 2.34 bits per heavy atom. The van der Waals surface area contributed by atoms with Gasteiger partial charge in [0.2, 0.25) is 11.8 Å². The lowest BCUT2D eigenvalue weighted by atomic mass is 9.93. The number of rotatable bonds is 6. The first-order chi connectivity index (χ1) is 15.1. The van der Waals surface area contributed by atoms with Crippen molar-refractivity contribution in [3.05, 3.63) is 77.5 Å². The summed E-state index contributed by atoms with van der Waals surface area (Å²) in [7, 11) is 0. The quantitative estimate of drug-likeness (QED) is 0.697. The normalized spacial score (nSPS) is 16.1. The molecule has 2 aromatic carbocycles. The largest absolute Gasteiger partial charge is 0.458 e. The zero-order chi connectivity index (χ0) is 23.3. The summed E-state index contributed by atoms with van der Waals surface area (Å²) in [6, 6.07) is 15.9. The van der Waals surface area contributed by atoms with Crippen LogP contribution in [0.15, 0.2) is 60.8 Å². The zero-order valence-electron chi connectivity index (χ0n) is 19.0.